The molecule has 2 heterocycles. The number of nitrogens with zero attached hydrogens (tertiary/aromatic N) is 3. The topological polar surface area (TPSA) is 69.6 Å². The van der Waals surface area contributed by atoms with Crippen LogP contribution in [0.4, 0.5) is 0 Å². The molecule has 0 bridgehead atoms. The summed E-state index contributed by atoms with van der Waals surface area (Å²) in [5.74, 6) is 0. The van der Waals surface area contributed by atoms with E-state index in [9.17, 15) is 4.79 Å². The minimum absolute atomic E-state index is 0.0558. The van der Waals surface area contributed by atoms with Crippen molar-refractivity contribution in [3.05, 3.63) is 54.6 Å². The van der Waals surface area contributed by atoms with E-state index in [2.05, 4.69) is 6.58 Å². The van der Waals surface area contributed by atoms with Gasteiger partial charge in [-0.1, -0.05) is 12.1 Å². The van der Waals surface area contributed by atoms with Crippen molar-refractivity contribution in [2.24, 2.45) is 0 Å². The molecule has 0 saturated heterocycles. The second-order valence-electron chi connectivity index (χ2n) is 3.73. The predicted octanol–water partition coefficient (Wildman–Crippen LogP) is 1.18. The lowest BCUT2D eigenvalue weighted by Gasteiger charge is -1.94. The van der Waals surface area contributed by atoms with Gasteiger partial charge in [0.2, 0.25) is 0 Å². The molecule has 2 aromatic heterocycles. The van der Waals surface area contributed by atoms with Gasteiger partial charge in [-0.15, -0.1) is 29.3 Å². The molecule has 6 heteroatoms. The van der Waals surface area contributed by atoms with Gasteiger partial charge in [-0.2, -0.15) is 10.5 Å². The van der Waals surface area contributed by atoms with Gasteiger partial charge in [0.25, 0.3) is 5.56 Å². The van der Waals surface area contributed by atoms with Crippen LogP contribution in [0, 0.1) is 22.7 Å². The fourth-order valence-electron chi connectivity index (χ4n) is 1.62. The summed E-state index contributed by atoms with van der Waals surface area (Å²) in [5.41, 5.74) is -0.263. The van der Waals surface area contributed by atoms with E-state index >= 15 is 0 Å². The lowest BCUT2D eigenvalue weighted by atomic mass is 10.3. The van der Waals surface area contributed by atoms with Crippen LogP contribution in [-0.4, -0.2) is 4.57 Å². The van der Waals surface area contributed by atoms with Crippen LogP contribution in [0.1, 0.15) is 4.88 Å². The van der Waals surface area contributed by atoms with Crippen LogP contribution < -0.4 is 14.8 Å². The number of thiazole rings is 1. The average molecular weight is 299 g/mol. The highest BCUT2D eigenvalue weighted by molar-refractivity contribution is 7.11. The van der Waals surface area contributed by atoms with E-state index in [4.69, 9.17) is 10.5 Å². The van der Waals surface area contributed by atoms with Crippen LogP contribution in [0.5, 0.6) is 0 Å². The molecule has 0 aliphatic heterocycles. The highest BCUT2D eigenvalue weighted by Gasteiger charge is 2.08. The van der Waals surface area contributed by atoms with E-state index in [1.807, 2.05) is 29.7 Å². The minimum Gasteiger partial charge on any atom is -0.293 e. The Balaban J connectivity index is 2.84. The monoisotopic (exact) mass is 299 g/mol. The van der Waals surface area contributed by atoms with Gasteiger partial charge in [0.15, 0.2) is 5.57 Å². The minimum atomic E-state index is -0.207. The molecule has 2 rings (SSSR count). The number of rotatable bonds is 3. The van der Waals surface area contributed by atoms with Crippen LogP contribution in [0.3, 0.4) is 0 Å². The molecule has 20 heavy (non-hydrogen) atoms. The van der Waals surface area contributed by atoms with E-state index in [1.165, 1.54) is 15.9 Å². The van der Waals surface area contributed by atoms with Crippen molar-refractivity contribution < 1.29 is 0 Å². The van der Waals surface area contributed by atoms with Crippen molar-refractivity contribution in [1.82, 2.24) is 4.57 Å². The summed E-state index contributed by atoms with van der Waals surface area (Å²) in [6, 6.07) is 7.46. The fraction of sp³-hybridized carbons (Fsp3) is 0.0714. The molecular formula is C14H9N3OS2. The highest BCUT2D eigenvalue weighted by atomic mass is 32.1. The number of hydrogen-bond acceptors (Lipinski definition) is 5. The van der Waals surface area contributed by atoms with Crippen LogP contribution in [0.2, 0.25) is 0 Å². The van der Waals surface area contributed by atoms with E-state index in [0.717, 1.165) is 16.2 Å². The molecule has 2 aromatic rings. The Bertz CT molecular complexity index is 870. The Morgan fingerprint density at radius 2 is 2.20 bits per heavy atom. The normalized spacial score (nSPS) is 10.8. The third-order valence-corrected chi connectivity index (χ3v) is 4.42. The van der Waals surface area contributed by atoms with Crippen LogP contribution in [0.15, 0.2) is 35.0 Å². The third kappa shape index (κ3) is 2.62. The first-order valence-corrected chi connectivity index (χ1v) is 7.31. The Hall–Kier alpha value is -2.41. The average Bonchev–Trinajstić information content (AvgIpc) is 3.05. The molecule has 0 aromatic carbocycles. The van der Waals surface area contributed by atoms with Gasteiger partial charge in [-0.05, 0) is 17.5 Å². The molecule has 0 aliphatic rings. The van der Waals surface area contributed by atoms with Crippen LogP contribution in [0.25, 0.3) is 11.6 Å². The maximum Gasteiger partial charge on any atom is 0.269 e. The van der Waals surface area contributed by atoms with Gasteiger partial charge < -0.3 is 0 Å². The molecule has 0 aliphatic carbocycles. The van der Waals surface area contributed by atoms with E-state index in [-0.39, 0.29) is 17.7 Å². The Labute approximate surface area is 123 Å². The van der Waals surface area contributed by atoms with Crippen molar-refractivity contribution in [2.75, 3.05) is 0 Å². The molecule has 0 saturated carbocycles. The van der Waals surface area contributed by atoms with Crippen LogP contribution in [-0.2, 0) is 6.54 Å². The summed E-state index contributed by atoms with van der Waals surface area (Å²) >= 11 is 2.67. The Morgan fingerprint density at radius 1 is 1.45 bits per heavy atom. The van der Waals surface area contributed by atoms with Crippen molar-refractivity contribution in [2.45, 2.75) is 6.54 Å². The Kier molecular flexibility index (Phi) is 4.31. The second-order valence-corrected chi connectivity index (χ2v) is 5.74. The van der Waals surface area contributed by atoms with Crippen molar-refractivity contribution >= 4 is 34.3 Å². The fourth-order valence-corrected chi connectivity index (χ4v) is 3.41. The van der Waals surface area contributed by atoms with Crippen molar-refractivity contribution in [3.63, 3.8) is 0 Å². The first-order chi connectivity index (χ1) is 9.71. The lowest BCUT2D eigenvalue weighted by molar-refractivity contribution is 0.775. The van der Waals surface area contributed by atoms with Crippen molar-refractivity contribution in [1.29, 1.82) is 10.5 Å². The molecule has 98 valence electrons. The van der Waals surface area contributed by atoms with Gasteiger partial charge in [0, 0.05) is 11.4 Å². The summed E-state index contributed by atoms with van der Waals surface area (Å²) in [4.78, 5) is 13.3. The maximum absolute atomic E-state index is 12.3. The molecule has 0 N–H and O–H groups in total. The molecule has 0 radical (unpaired) electrons. The SMILES string of the molecule is C=CCn1c(=C(C#N)C#N)sc(=Cc2cccs2)c1=O. The summed E-state index contributed by atoms with van der Waals surface area (Å²) in [6.45, 7) is 3.87. The molecule has 0 amide bonds. The summed E-state index contributed by atoms with van der Waals surface area (Å²) in [5, 5.41) is 19.9. The highest BCUT2D eigenvalue weighted by Crippen LogP contribution is 2.08. The van der Waals surface area contributed by atoms with Crippen molar-refractivity contribution in [3.8, 4) is 12.1 Å². The second kappa shape index (κ2) is 6.16. The molecule has 0 fully saturated rings. The number of nitriles is 2. The van der Waals surface area contributed by atoms with E-state index < -0.39 is 0 Å². The predicted molar refractivity (Wildman–Crippen MR) is 80.5 cm³/mol. The smallest absolute Gasteiger partial charge is 0.269 e. The quantitative estimate of drug-likeness (QED) is 0.799. The van der Waals surface area contributed by atoms with Gasteiger partial charge in [0.1, 0.15) is 16.8 Å². The number of allylic oxidation sites excluding steroid dienone is 1. The van der Waals surface area contributed by atoms with Crippen LogP contribution >= 0.6 is 22.7 Å². The first-order valence-electron chi connectivity index (χ1n) is 5.61. The summed E-state index contributed by atoms with van der Waals surface area (Å²) < 4.78 is 2.29. The standard InChI is InChI=1S/C14H9N3OS2/c1-2-5-17-13(18)12(7-11-4-3-6-19-11)20-14(17)10(8-15)9-16/h2-4,6-7H,1,5H2. The number of hydrogen-bond donors (Lipinski definition) is 0. The third-order valence-electron chi connectivity index (χ3n) is 2.47. The maximum atomic E-state index is 12.3. The zero-order valence-electron chi connectivity index (χ0n) is 10.4. The molecule has 0 spiro atoms. The number of aromatic nitrogens is 1. The largest absolute Gasteiger partial charge is 0.293 e. The van der Waals surface area contributed by atoms with E-state index in [1.54, 1.807) is 12.2 Å². The first kappa shape index (κ1) is 14.0. The van der Waals surface area contributed by atoms with Gasteiger partial charge in [-0.3, -0.25) is 9.36 Å². The summed E-state index contributed by atoms with van der Waals surface area (Å²) in [7, 11) is 0. The van der Waals surface area contributed by atoms with Gasteiger partial charge in [-0.25, -0.2) is 0 Å². The molecule has 0 atom stereocenters. The molecule has 4 nitrogen and oxygen atoms in total. The zero-order valence-corrected chi connectivity index (χ0v) is 12.0. The van der Waals surface area contributed by atoms with Gasteiger partial charge in [0.05, 0.1) is 4.53 Å². The molecule has 0 unspecified atom stereocenters. The molecular weight excluding hydrogens is 290 g/mol. The summed E-state index contributed by atoms with van der Waals surface area (Å²) in [6.07, 6.45) is 3.34. The zero-order chi connectivity index (χ0) is 14.5. The van der Waals surface area contributed by atoms with E-state index in [0.29, 0.717) is 9.20 Å². The Morgan fingerprint density at radius 3 is 2.75 bits per heavy atom. The lowest BCUT2D eigenvalue weighted by Crippen LogP contribution is -2.31. The van der Waals surface area contributed by atoms with Gasteiger partial charge >= 0.3 is 0 Å². The number of thiophene rings is 1.